The number of nitrogens with one attached hydrogen (secondary N) is 1. The van der Waals surface area contributed by atoms with E-state index in [0.717, 1.165) is 17.5 Å². The van der Waals surface area contributed by atoms with Crippen LogP contribution in [-0.2, 0) is 29.0 Å². The molecule has 3 rings (SSSR count). The van der Waals surface area contributed by atoms with Crippen molar-refractivity contribution in [2.75, 3.05) is 0 Å². The third-order valence-corrected chi connectivity index (χ3v) is 6.69. The predicted molar refractivity (Wildman–Crippen MR) is 144 cm³/mol. The highest BCUT2D eigenvalue weighted by atomic mass is 35.5. The largest absolute Gasteiger partial charge is 0.352 e. The van der Waals surface area contributed by atoms with E-state index in [1.165, 1.54) is 0 Å². The number of carbonyl (C=O) groups excluding carboxylic acids is 2. The minimum atomic E-state index is -0.719. The number of hydrogen-bond donors (Lipinski definition) is 1. The van der Waals surface area contributed by atoms with Gasteiger partial charge in [0.15, 0.2) is 0 Å². The van der Waals surface area contributed by atoms with Crippen molar-refractivity contribution < 1.29 is 9.59 Å². The summed E-state index contributed by atoms with van der Waals surface area (Å²) in [5, 5.41) is 4.54. The van der Waals surface area contributed by atoms with Crippen LogP contribution in [0.25, 0.3) is 0 Å². The van der Waals surface area contributed by atoms with E-state index in [2.05, 4.69) is 5.32 Å². The van der Waals surface area contributed by atoms with Crippen LogP contribution >= 0.6 is 34.8 Å². The second-order valence-electron chi connectivity index (χ2n) is 8.59. The molecule has 0 bridgehead atoms. The fourth-order valence-electron chi connectivity index (χ4n) is 3.76. The van der Waals surface area contributed by atoms with Crippen molar-refractivity contribution in [1.29, 1.82) is 0 Å². The molecule has 4 nitrogen and oxygen atoms in total. The number of hydrogen-bond acceptors (Lipinski definition) is 2. The highest BCUT2D eigenvalue weighted by molar-refractivity contribution is 6.35. The van der Waals surface area contributed by atoms with E-state index in [1.807, 2.05) is 62.4 Å². The van der Waals surface area contributed by atoms with E-state index in [-0.39, 0.29) is 30.8 Å². The second kappa shape index (κ2) is 13.0. The van der Waals surface area contributed by atoms with E-state index in [9.17, 15) is 9.59 Å². The van der Waals surface area contributed by atoms with Gasteiger partial charge in [-0.05, 0) is 54.3 Å². The van der Waals surface area contributed by atoms with Crippen LogP contribution in [0.3, 0.4) is 0 Å². The Labute approximate surface area is 222 Å². The zero-order valence-electron chi connectivity index (χ0n) is 19.8. The standard InChI is InChI=1S/C28H29Cl3N2O2/c1-3-19(2)32-28(35)26(15-20-8-5-4-6-9-20)33(18-21-10-7-11-23(29)14-21)27(34)16-22-12-13-24(30)17-25(22)31/h4-14,17,19,26H,3,15-16,18H2,1-2H3,(H,32,35)/t19-,26-/m1/s1. The fourth-order valence-corrected chi connectivity index (χ4v) is 4.44. The minimum Gasteiger partial charge on any atom is -0.352 e. The zero-order chi connectivity index (χ0) is 25.4. The number of nitrogens with zero attached hydrogens (tertiary/aromatic N) is 1. The van der Waals surface area contributed by atoms with Crippen molar-refractivity contribution in [3.63, 3.8) is 0 Å². The van der Waals surface area contributed by atoms with Crippen LogP contribution in [0, 0.1) is 0 Å². The quantitative estimate of drug-likeness (QED) is 0.315. The van der Waals surface area contributed by atoms with Gasteiger partial charge in [0.2, 0.25) is 11.8 Å². The average molecular weight is 532 g/mol. The van der Waals surface area contributed by atoms with Gasteiger partial charge in [0.25, 0.3) is 0 Å². The van der Waals surface area contributed by atoms with Gasteiger partial charge in [-0.1, -0.05) is 90.3 Å². The molecule has 0 aliphatic rings. The van der Waals surface area contributed by atoms with Crippen molar-refractivity contribution in [2.24, 2.45) is 0 Å². The van der Waals surface area contributed by atoms with Gasteiger partial charge in [0, 0.05) is 34.1 Å². The zero-order valence-corrected chi connectivity index (χ0v) is 22.1. The Morgan fingerprint density at radius 1 is 0.886 bits per heavy atom. The van der Waals surface area contributed by atoms with Gasteiger partial charge in [-0.15, -0.1) is 0 Å². The van der Waals surface area contributed by atoms with E-state index >= 15 is 0 Å². The summed E-state index contributed by atoms with van der Waals surface area (Å²) in [6, 6.07) is 21.3. The summed E-state index contributed by atoms with van der Waals surface area (Å²) in [6.07, 6.45) is 1.20. The summed E-state index contributed by atoms with van der Waals surface area (Å²) in [5.74, 6) is -0.407. The molecule has 0 spiro atoms. The van der Waals surface area contributed by atoms with Gasteiger partial charge in [-0.2, -0.15) is 0 Å². The third-order valence-electron chi connectivity index (χ3n) is 5.87. The SMILES string of the molecule is CC[C@@H](C)NC(=O)[C@@H](Cc1ccccc1)N(Cc1cccc(Cl)c1)C(=O)Cc1ccc(Cl)cc1Cl. The first-order chi connectivity index (χ1) is 16.8. The summed E-state index contributed by atoms with van der Waals surface area (Å²) >= 11 is 18.6. The lowest BCUT2D eigenvalue weighted by atomic mass is 10.0. The van der Waals surface area contributed by atoms with Crippen LogP contribution in [0.5, 0.6) is 0 Å². The summed E-state index contributed by atoms with van der Waals surface area (Å²) in [5.41, 5.74) is 2.45. The van der Waals surface area contributed by atoms with Crippen molar-refractivity contribution in [2.45, 2.75) is 51.7 Å². The van der Waals surface area contributed by atoms with Crippen LogP contribution in [0.15, 0.2) is 72.8 Å². The molecule has 2 amide bonds. The molecule has 3 aromatic carbocycles. The van der Waals surface area contributed by atoms with Crippen molar-refractivity contribution in [3.8, 4) is 0 Å². The lowest BCUT2D eigenvalue weighted by Crippen LogP contribution is -2.52. The van der Waals surface area contributed by atoms with Crippen molar-refractivity contribution >= 4 is 46.6 Å². The van der Waals surface area contributed by atoms with Crippen LogP contribution in [-0.4, -0.2) is 28.8 Å². The smallest absolute Gasteiger partial charge is 0.243 e. The molecule has 0 aliphatic carbocycles. The molecule has 35 heavy (non-hydrogen) atoms. The van der Waals surface area contributed by atoms with Gasteiger partial charge < -0.3 is 10.2 Å². The topological polar surface area (TPSA) is 49.4 Å². The Balaban J connectivity index is 1.99. The Kier molecular flexibility index (Phi) is 10.0. The van der Waals surface area contributed by atoms with Gasteiger partial charge >= 0.3 is 0 Å². The molecule has 0 saturated carbocycles. The van der Waals surface area contributed by atoms with E-state index in [0.29, 0.717) is 27.1 Å². The number of rotatable bonds is 10. The summed E-state index contributed by atoms with van der Waals surface area (Å²) < 4.78 is 0. The highest BCUT2D eigenvalue weighted by Gasteiger charge is 2.31. The molecular weight excluding hydrogens is 503 g/mol. The number of amides is 2. The summed E-state index contributed by atoms with van der Waals surface area (Å²) in [6.45, 7) is 4.19. The van der Waals surface area contributed by atoms with Crippen LogP contribution in [0.4, 0.5) is 0 Å². The average Bonchev–Trinajstić information content (AvgIpc) is 2.83. The molecule has 184 valence electrons. The number of halogens is 3. The fraction of sp³-hybridized carbons (Fsp3) is 0.286. The van der Waals surface area contributed by atoms with Crippen LogP contribution in [0.1, 0.15) is 37.0 Å². The molecule has 0 aliphatic heterocycles. The molecular formula is C28H29Cl3N2O2. The van der Waals surface area contributed by atoms with Gasteiger partial charge in [-0.3, -0.25) is 9.59 Å². The Morgan fingerprint density at radius 3 is 2.23 bits per heavy atom. The lowest BCUT2D eigenvalue weighted by Gasteiger charge is -2.32. The van der Waals surface area contributed by atoms with Gasteiger partial charge in [0.05, 0.1) is 6.42 Å². The minimum absolute atomic E-state index is 0.0189. The molecule has 0 radical (unpaired) electrons. The number of benzene rings is 3. The Bertz CT molecular complexity index is 1150. The van der Waals surface area contributed by atoms with Crippen LogP contribution < -0.4 is 5.32 Å². The maximum atomic E-state index is 13.8. The van der Waals surface area contributed by atoms with E-state index < -0.39 is 6.04 Å². The maximum Gasteiger partial charge on any atom is 0.243 e. The molecule has 0 heterocycles. The first-order valence-electron chi connectivity index (χ1n) is 11.6. The van der Waals surface area contributed by atoms with Gasteiger partial charge in [-0.25, -0.2) is 0 Å². The monoisotopic (exact) mass is 530 g/mol. The molecule has 0 saturated heterocycles. The number of carbonyl (C=O) groups is 2. The molecule has 0 unspecified atom stereocenters. The molecule has 7 heteroatoms. The first-order valence-corrected chi connectivity index (χ1v) is 12.7. The van der Waals surface area contributed by atoms with E-state index in [4.69, 9.17) is 34.8 Å². The lowest BCUT2D eigenvalue weighted by molar-refractivity contribution is -0.141. The van der Waals surface area contributed by atoms with E-state index in [1.54, 1.807) is 29.2 Å². The Morgan fingerprint density at radius 2 is 1.57 bits per heavy atom. The second-order valence-corrected chi connectivity index (χ2v) is 9.87. The first kappa shape index (κ1) is 27.1. The van der Waals surface area contributed by atoms with Crippen LogP contribution in [0.2, 0.25) is 15.1 Å². The predicted octanol–water partition coefficient (Wildman–Crippen LogP) is 6.74. The molecule has 0 fully saturated rings. The molecule has 0 aromatic heterocycles. The molecule has 3 aromatic rings. The third kappa shape index (κ3) is 7.99. The van der Waals surface area contributed by atoms with Crippen molar-refractivity contribution in [1.82, 2.24) is 10.2 Å². The molecule has 2 atom stereocenters. The highest BCUT2D eigenvalue weighted by Crippen LogP contribution is 2.24. The summed E-state index contributed by atoms with van der Waals surface area (Å²) in [7, 11) is 0. The van der Waals surface area contributed by atoms with Gasteiger partial charge in [0.1, 0.15) is 6.04 Å². The normalized spacial score (nSPS) is 12.6. The molecule has 1 N–H and O–H groups in total. The van der Waals surface area contributed by atoms with Crippen molar-refractivity contribution in [3.05, 3.63) is 105 Å². The Hall–Kier alpha value is -2.53. The maximum absolute atomic E-state index is 13.8. The summed E-state index contributed by atoms with van der Waals surface area (Å²) in [4.78, 5) is 28.9.